The molecule has 2 aromatic carbocycles. The predicted molar refractivity (Wildman–Crippen MR) is 97.3 cm³/mol. The number of halogens is 1. The molecule has 128 valence electrons. The molecule has 25 heavy (non-hydrogen) atoms. The number of rotatable bonds is 3. The second-order valence-electron chi connectivity index (χ2n) is 5.49. The zero-order valence-corrected chi connectivity index (χ0v) is 14.3. The molecule has 1 aliphatic rings. The van der Waals surface area contributed by atoms with Crippen LogP contribution in [0.5, 0.6) is 0 Å². The van der Waals surface area contributed by atoms with E-state index in [1.807, 2.05) is 30.3 Å². The van der Waals surface area contributed by atoms with Crippen molar-refractivity contribution in [2.75, 3.05) is 12.4 Å². The van der Waals surface area contributed by atoms with E-state index < -0.39 is 5.25 Å². The molecule has 2 aromatic rings. The summed E-state index contributed by atoms with van der Waals surface area (Å²) in [6.07, 6.45) is 0.0853. The van der Waals surface area contributed by atoms with Crippen molar-refractivity contribution in [2.24, 2.45) is 4.99 Å². The summed E-state index contributed by atoms with van der Waals surface area (Å²) in [6, 6.07) is 14.7. The molecule has 1 unspecified atom stereocenters. The molecule has 1 fully saturated rings. The number of hydrogen-bond donors (Lipinski definition) is 1. The monoisotopic (exact) mass is 357 g/mol. The molecule has 5 nitrogen and oxygen atoms in total. The molecule has 1 atom stereocenters. The third-order valence-electron chi connectivity index (χ3n) is 3.65. The van der Waals surface area contributed by atoms with Crippen molar-refractivity contribution < 1.29 is 14.0 Å². The van der Waals surface area contributed by atoms with Crippen LogP contribution >= 0.6 is 11.8 Å². The van der Waals surface area contributed by atoms with Crippen LogP contribution in [0.4, 0.5) is 15.8 Å². The minimum Gasteiger partial charge on any atom is -0.325 e. The normalized spacial score (nSPS) is 19.1. The van der Waals surface area contributed by atoms with Crippen LogP contribution < -0.4 is 5.32 Å². The van der Waals surface area contributed by atoms with E-state index >= 15 is 0 Å². The summed E-state index contributed by atoms with van der Waals surface area (Å²) in [7, 11) is 1.64. The minimum atomic E-state index is -0.587. The first-order valence-corrected chi connectivity index (χ1v) is 8.54. The molecular weight excluding hydrogens is 341 g/mol. The number of carbonyl (C=O) groups is 2. The van der Waals surface area contributed by atoms with Gasteiger partial charge in [0, 0.05) is 19.2 Å². The van der Waals surface area contributed by atoms with Gasteiger partial charge in [-0.2, -0.15) is 0 Å². The lowest BCUT2D eigenvalue weighted by Gasteiger charge is -2.28. The highest BCUT2D eigenvalue weighted by Gasteiger charge is 2.34. The minimum absolute atomic E-state index is 0.0853. The lowest BCUT2D eigenvalue weighted by Crippen LogP contribution is -2.43. The Kier molecular flexibility index (Phi) is 5.14. The Morgan fingerprint density at radius 3 is 2.56 bits per heavy atom. The van der Waals surface area contributed by atoms with Crippen molar-refractivity contribution in [3.63, 3.8) is 0 Å². The maximum atomic E-state index is 12.9. The smallest absolute Gasteiger partial charge is 0.238 e. The second kappa shape index (κ2) is 7.48. The molecule has 0 bridgehead atoms. The van der Waals surface area contributed by atoms with E-state index in [4.69, 9.17) is 0 Å². The molecule has 1 heterocycles. The van der Waals surface area contributed by atoms with E-state index in [1.165, 1.54) is 40.9 Å². The molecule has 3 rings (SSSR count). The number of nitrogens with one attached hydrogen (secondary N) is 1. The number of anilines is 1. The fourth-order valence-corrected chi connectivity index (χ4v) is 3.33. The summed E-state index contributed by atoms with van der Waals surface area (Å²) in [6.45, 7) is 0. The zero-order valence-electron chi connectivity index (χ0n) is 13.5. The predicted octanol–water partition coefficient (Wildman–Crippen LogP) is 3.42. The average Bonchev–Trinajstić information content (AvgIpc) is 2.61. The number of hydrogen-bond acceptors (Lipinski definition) is 4. The molecular formula is C18H16FN3O2S. The Morgan fingerprint density at radius 1 is 1.20 bits per heavy atom. The topological polar surface area (TPSA) is 61.8 Å². The van der Waals surface area contributed by atoms with Gasteiger partial charge in [-0.15, -0.1) is 0 Å². The van der Waals surface area contributed by atoms with Crippen LogP contribution in [0.15, 0.2) is 59.6 Å². The molecule has 0 aliphatic carbocycles. The highest BCUT2D eigenvalue weighted by Crippen LogP contribution is 2.28. The molecule has 2 amide bonds. The number of carbonyl (C=O) groups excluding carboxylic acids is 2. The summed E-state index contributed by atoms with van der Waals surface area (Å²) in [5.74, 6) is -0.856. The van der Waals surface area contributed by atoms with E-state index in [1.54, 1.807) is 7.05 Å². The van der Waals surface area contributed by atoms with Gasteiger partial charge in [-0.25, -0.2) is 9.38 Å². The van der Waals surface area contributed by atoms with Gasteiger partial charge in [0.25, 0.3) is 0 Å². The number of amides is 2. The van der Waals surface area contributed by atoms with Crippen LogP contribution in [-0.4, -0.2) is 34.2 Å². The van der Waals surface area contributed by atoms with Crippen molar-refractivity contribution in [3.8, 4) is 0 Å². The summed E-state index contributed by atoms with van der Waals surface area (Å²) in [5.41, 5.74) is 1.20. The average molecular weight is 357 g/mol. The first-order valence-electron chi connectivity index (χ1n) is 7.66. The molecule has 0 saturated carbocycles. The summed E-state index contributed by atoms with van der Waals surface area (Å²) >= 11 is 1.24. The number of nitrogens with zero attached hydrogens (tertiary/aromatic N) is 2. The van der Waals surface area contributed by atoms with Gasteiger partial charge in [0.15, 0.2) is 5.17 Å². The summed E-state index contributed by atoms with van der Waals surface area (Å²) in [5, 5.41) is 2.59. The molecule has 0 radical (unpaired) electrons. The highest BCUT2D eigenvalue weighted by atomic mass is 32.2. The Hall–Kier alpha value is -2.67. The Bertz CT molecular complexity index is 809. The lowest BCUT2D eigenvalue weighted by molar-refractivity contribution is -0.128. The molecule has 1 N–H and O–H groups in total. The van der Waals surface area contributed by atoms with Gasteiger partial charge in [0.05, 0.1) is 5.69 Å². The van der Waals surface area contributed by atoms with E-state index in [-0.39, 0.29) is 24.1 Å². The van der Waals surface area contributed by atoms with Gasteiger partial charge in [-0.3, -0.25) is 14.5 Å². The van der Waals surface area contributed by atoms with E-state index in [2.05, 4.69) is 10.3 Å². The second-order valence-corrected chi connectivity index (χ2v) is 6.66. The lowest BCUT2D eigenvalue weighted by atomic mass is 10.2. The van der Waals surface area contributed by atoms with Gasteiger partial charge in [-0.1, -0.05) is 30.0 Å². The van der Waals surface area contributed by atoms with Gasteiger partial charge >= 0.3 is 0 Å². The van der Waals surface area contributed by atoms with Crippen molar-refractivity contribution in [1.29, 1.82) is 0 Å². The number of amidine groups is 1. The van der Waals surface area contributed by atoms with Crippen LogP contribution in [0.3, 0.4) is 0 Å². The van der Waals surface area contributed by atoms with Crippen LogP contribution in [0.2, 0.25) is 0 Å². The van der Waals surface area contributed by atoms with Crippen molar-refractivity contribution in [3.05, 3.63) is 60.4 Å². The van der Waals surface area contributed by atoms with Gasteiger partial charge in [-0.05, 0) is 36.4 Å². The first kappa shape index (κ1) is 17.2. The standard InChI is InChI=1S/C18H16FN3O2S/c1-22-16(23)11-15(17(24)20-14-9-7-12(19)8-10-14)25-18(22)21-13-5-3-2-4-6-13/h2-10,15H,11H2,1H3,(H,20,24). The van der Waals surface area contributed by atoms with Crippen LogP contribution in [0.25, 0.3) is 0 Å². The summed E-state index contributed by atoms with van der Waals surface area (Å²) in [4.78, 5) is 30.6. The molecule has 1 saturated heterocycles. The maximum Gasteiger partial charge on any atom is 0.238 e. The first-order chi connectivity index (χ1) is 12.0. The Labute approximate surface area is 148 Å². The zero-order chi connectivity index (χ0) is 17.8. The Morgan fingerprint density at radius 2 is 1.88 bits per heavy atom. The van der Waals surface area contributed by atoms with Gasteiger partial charge < -0.3 is 5.32 Å². The number of para-hydroxylation sites is 1. The quantitative estimate of drug-likeness (QED) is 0.916. The largest absolute Gasteiger partial charge is 0.325 e. The number of aliphatic imine (C=N–C) groups is 1. The number of thioether (sulfide) groups is 1. The Balaban J connectivity index is 1.76. The maximum absolute atomic E-state index is 12.9. The van der Waals surface area contributed by atoms with Crippen molar-refractivity contribution in [2.45, 2.75) is 11.7 Å². The van der Waals surface area contributed by atoms with Gasteiger partial charge in [0.2, 0.25) is 11.8 Å². The number of benzene rings is 2. The SMILES string of the molecule is CN1C(=O)CC(C(=O)Nc2ccc(F)cc2)SC1=Nc1ccccc1. The van der Waals surface area contributed by atoms with Crippen LogP contribution in [0.1, 0.15) is 6.42 Å². The van der Waals surface area contributed by atoms with E-state index in [9.17, 15) is 14.0 Å². The van der Waals surface area contributed by atoms with E-state index in [0.717, 1.165) is 0 Å². The molecule has 7 heteroatoms. The summed E-state index contributed by atoms with van der Waals surface area (Å²) < 4.78 is 12.9. The highest BCUT2D eigenvalue weighted by molar-refractivity contribution is 8.15. The van der Waals surface area contributed by atoms with Crippen molar-refractivity contribution >= 4 is 40.1 Å². The fraction of sp³-hybridized carbons (Fsp3) is 0.167. The molecule has 0 spiro atoms. The van der Waals surface area contributed by atoms with Crippen molar-refractivity contribution in [1.82, 2.24) is 4.90 Å². The third-order valence-corrected chi connectivity index (χ3v) is 4.90. The van der Waals surface area contributed by atoms with Crippen LogP contribution in [-0.2, 0) is 9.59 Å². The molecule has 0 aromatic heterocycles. The van der Waals surface area contributed by atoms with Crippen LogP contribution in [0, 0.1) is 5.82 Å². The molecule has 1 aliphatic heterocycles. The van der Waals surface area contributed by atoms with Gasteiger partial charge in [0.1, 0.15) is 11.1 Å². The van der Waals surface area contributed by atoms with E-state index in [0.29, 0.717) is 16.5 Å². The third kappa shape index (κ3) is 4.24. The fourth-order valence-electron chi connectivity index (χ4n) is 2.27.